The zero-order chi connectivity index (χ0) is 28.0. The van der Waals surface area contributed by atoms with E-state index in [0.29, 0.717) is 6.42 Å². The molecule has 1 aliphatic heterocycles. The van der Waals surface area contributed by atoms with Gasteiger partial charge in [-0.25, -0.2) is 13.2 Å². The molecule has 0 radical (unpaired) electrons. The third-order valence-electron chi connectivity index (χ3n) is 6.47. The van der Waals surface area contributed by atoms with Crippen LogP contribution in [0.25, 0.3) is 0 Å². The number of carbonyl (C=O) groups is 3. The van der Waals surface area contributed by atoms with E-state index in [1.165, 1.54) is 25.1 Å². The Bertz CT molecular complexity index is 1540. The van der Waals surface area contributed by atoms with Gasteiger partial charge in [0.15, 0.2) is 15.6 Å². The first-order valence-electron chi connectivity index (χ1n) is 11.6. The quantitative estimate of drug-likeness (QED) is 0.539. The van der Waals surface area contributed by atoms with E-state index >= 15 is 0 Å². The summed E-state index contributed by atoms with van der Waals surface area (Å²) in [4.78, 5) is 41.8. The molecule has 0 saturated carbocycles. The predicted molar refractivity (Wildman–Crippen MR) is 129 cm³/mol. The van der Waals surface area contributed by atoms with Crippen molar-refractivity contribution in [3.05, 3.63) is 70.4 Å². The van der Waals surface area contributed by atoms with Gasteiger partial charge >= 0.3 is 12.2 Å². The summed E-state index contributed by atoms with van der Waals surface area (Å²) in [6.45, 7) is 1.46. The van der Waals surface area contributed by atoms with E-state index in [1.54, 1.807) is 0 Å². The van der Waals surface area contributed by atoms with Crippen molar-refractivity contribution in [3.8, 4) is 6.07 Å². The Labute approximate surface area is 216 Å². The number of sulfone groups is 1. The molecule has 38 heavy (non-hydrogen) atoms. The standard InChI is InChI=1S/C26H22F3N3O5S/c1-3-22(34)32-24(18-11-10-15(14-30)12-21(18)38(2,36)37)23-19(8-5-9-20(23)33)31(25(32)35)17-7-4-6-16(13-17)26(27,28)29/h4,6-7,10-13,24H,3,5,8-9H2,1-2H3. The molecule has 1 atom stereocenters. The van der Waals surface area contributed by atoms with Crippen LogP contribution in [0.2, 0.25) is 0 Å². The third kappa shape index (κ3) is 4.69. The van der Waals surface area contributed by atoms with Crippen LogP contribution in [0, 0.1) is 11.3 Å². The van der Waals surface area contributed by atoms with Crippen LogP contribution in [0.3, 0.4) is 0 Å². The van der Waals surface area contributed by atoms with Gasteiger partial charge in [-0.3, -0.25) is 19.4 Å². The number of urea groups is 1. The number of ketones is 1. The summed E-state index contributed by atoms with van der Waals surface area (Å²) < 4.78 is 65.9. The number of hydrogen-bond acceptors (Lipinski definition) is 6. The van der Waals surface area contributed by atoms with Gasteiger partial charge in [0.05, 0.1) is 33.8 Å². The maximum Gasteiger partial charge on any atom is 0.416 e. The molecule has 0 N–H and O–H groups in total. The largest absolute Gasteiger partial charge is 0.416 e. The lowest BCUT2D eigenvalue weighted by Crippen LogP contribution is -2.54. The van der Waals surface area contributed by atoms with Gasteiger partial charge in [0.25, 0.3) is 0 Å². The van der Waals surface area contributed by atoms with Gasteiger partial charge < -0.3 is 0 Å². The maximum atomic E-state index is 13.9. The van der Waals surface area contributed by atoms with E-state index in [9.17, 15) is 41.2 Å². The molecule has 0 fully saturated rings. The Balaban J connectivity index is 2.06. The average molecular weight is 546 g/mol. The highest BCUT2D eigenvalue weighted by molar-refractivity contribution is 7.90. The summed E-state index contributed by atoms with van der Waals surface area (Å²) >= 11 is 0. The first kappa shape index (κ1) is 27.1. The number of benzene rings is 2. The number of amides is 3. The molecule has 2 aromatic carbocycles. The zero-order valence-corrected chi connectivity index (χ0v) is 21.2. The minimum absolute atomic E-state index is 0.0134. The van der Waals surface area contributed by atoms with Crippen molar-refractivity contribution in [1.29, 1.82) is 5.26 Å². The van der Waals surface area contributed by atoms with Gasteiger partial charge in [0, 0.05) is 30.4 Å². The van der Waals surface area contributed by atoms with E-state index in [2.05, 4.69) is 0 Å². The molecule has 2 aliphatic rings. The molecule has 1 aliphatic carbocycles. The van der Waals surface area contributed by atoms with Crippen LogP contribution in [0.15, 0.2) is 58.6 Å². The highest BCUT2D eigenvalue weighted by atomic mass is 32.2. The minimum Gasteiger partial charge on any atom is -0.294 e. The van der Waals surface area contributed by atoms with Crippen molar-refractivity contribution in [2.75, 3.05) is 11.2 Å². The van der Waals surface area contributed by atoms with Crippen LogP contribution in [0.1, 0.15) is 55.3 Å². The number of alkyl halides is 3. The Kier molecular flexibility index (Phi) is 6.92. The van der Waals surface area contributed by atoms with Crippen molar-refractivity contribution in [2.24, 2.45) is 0 Å². The Morgan fingerprint density at radius 2 is 1.84 bits per heavy atom. The monoisotopic (exact) mass is 545 g/mol. The maximum absolute atomic E-state index is 13.9. The molecule has 1 unspecified atom stereocenters. The second-order valence-corrected chi connectivity index (χ2v) is 10.9. The number of carbonyl (C=O) groups excluding carboxylic acids is 3. The summed E-state index contributed by atoms with van der Waals surface area (Å²) in [5.74, 6) is -1.22. The molecule has 0 bridgehead atoms. The zero-order valence-electron chi connectivity index (χ0n) is 20.4. The summed E-state index contributed by atoms with van der Waals surface area (Å²) in [6, 6.07) is 7.12. The predicted octanol–water partition coefficient (Wildman–Crippen LogP) is 4.91. The summed E-state index contributed by atoms with van der Waals surface area (Å²) in [5.41, 5.74) is -1.16. The fourth-order valence-electron chi connectivity index (χ4n) is 4.81. The number of anilines is 1. The molecule has 4 rings (SSSR count). The van der Waals surface area contributed by atoms with Crippen LogP contribution in [0.4, 0.5) is 23.7 Å². The van der Waals surface area contributed by atoms with E-state index in [1.807, 2.05) is 6.07 Å². The first-order chi connectivity index (χ1) is 17.8. The van der Waals surface area contributed by atoms with Gasteiger partial charge in [-0.15, -0.1) is 0 Å². The third-order valence-corrected chi connectivity index (χ3v) is 7.62. The number of rotatable bonds is 4. The van der Waals surface area contributed by atoms with E-state index in [0.717, 1.165) is 40.3 Å². The molecule has 0 saturated heterocycles. The Morgan fingerprint density at radius 3 is 2.45 bits per heavy atom. The minimum atomic E-state index is -4.71. The van der Waals surface area contributed by atoms with Crippen molar-refractivity contribution in [3.63, 3.8) is 0 Å². The molecule has 0 spiro atoms. The summed E-state index contributed by atoms with van der Waals surface area (Å²) in [6.07, 6.45) is -3.53. The van der Waals surface area contributed by atoms with Gasteiger partial charge in [-0.05, 0) is 48.7 Å². The molecule has 0 aromatic heterocycles. The molecule has 12 heteroatoms. The number of Topliss-reactive ketones (excluding diaryl/α,β-unsaturated/α-hetero) is 1. The molecular weight excluding hydrogens is 523 g/mol. The number of nitrogens with zero attached hydrogens (tertiary/aromatic N) is 3. The lowest BCUT2D eigenvalue weighted by molar-refractivity contribution is -0.137. The number of imide groups is 1. The van der Waals surface area contributed by atoms with Crippen LogP contribution >= 0.6 is 0 Å². The van der Waals surface area contributed by atoms with Crippen molar-refractivity contribution in [2.45, 2.75) is 49.7 Å². The Morgan fingerprint density at radius 1 is 1.13 bits per heavy atom. The van der Waals surface area contributed by atoms with Crippen molar-refractivity contribution in [1.82, 2.24) is 4.90 Å². The van der Waals surface area contributed by atoms with E-state index < -0.39 is 45.3 Å². The van der Waals surface area contributed by atoms with Gasteiger partial charge in [0.2, 0.25) is 5.91 Å². The topological polar surface area (TPSA) is 116 Å². The second-order valence-electron chi connectivity index (χ2n) is 8.96. The number of halogens is 3. The molecule has 198 valence electrons. The molecular formula is C26H22F3N3O5S. The summed E-state index contributed by atoms with van der Waals surface area (Å²) in [5, 5.41) is 9.31. The molecule has 2 aromatic rings. The smallest absolute Gasteiger partial charge is 0.294 e. The molecule has 3 amide bonds. The molecule has 1 heterocycles. The van der Waals surface area contributed by atoms with Crippen LogP contribution in [-0.4, -0.2) is 37.3 Å². The highest BCUT2D eigenvalue weighted by Gasteiger charge is 2.48. The van der Waals surface area contributed by atoms with Crippen LogP contribution in [0.5, 0.6) is 0 Å². The van der Waals surface area contributed by atoms with Gasteiger partial charge in [0.1, 0.15) is 0 Å². The SMILES string of the molecule is CCC(=O)N1C(=O)N(c2cccc(C(F)(F)F)c2)C2=C(C(=O)CCC2)C1c1ccc(C#N)cc1S(C)(=O)=O. The van der Waals surface area contributed by atoms with Gasteiger partial charge in [-0.2, -0.15) is 18.4 Å². The fourth-order valence-corrected chi connectivity index (χ4v) is 5.75. The van der Waals surface area contributed by atoms with Crippen molar-refractivity contribution >= 4 is 33.2 Å². The van der Waals surface area contributed by atoms with Crippen LogP contribution < -0.4 is 4.90 Å². The lowest BCUT2D eigenvalue weighted by Gasteiger charge is -2.44. The first-order valence-corrected chi connectivity index (χ1v) is 13.5. The fraction of sp³-hybridized carbons (Fsp3) is 0.308. The van der Waals surface area contributed by atoms with E-state index in [-0.39, 0.29) is 52.2 Å². The lowest BCUT2D eigenvalue weighted by atomic mass is 9.83. The second kappa shape index (κ2) is 9.72. The number of nitriles is 1. The number of hydrogen-bond donors (Lipinski definition) is 0. The summed E-state index contributed by atoms with van der Waals surface area (Å²) in [7, 11) is -4.00. The number of allylic oxidation sites excluding steroid dienone is 1. The highest BCUT2D eigenvalue weighted by Crippen LogP contribution is 2.46. The normalized spacial score (nSPS) is 18.4. The van der Waals surface area contributed by atoms with E-state index in [4.69, 9.17) is 0 Å². The van der Waals surface area contributed by atoms with Crippen LogP contribution in [-0.2, 0) is 25.6 Å². The van der Waals surface area contributed by atoms with Crippen molar-refractivity contribution < 1.29 is 36.0 Å². The molecule has 8 nitrogen and oxygen atoms in total. The van der Waals surface area contributed by atoms with Gasteiger partial charge in [-0.1, -0.05) is 19.1 Å². The average Bonchev–Trinajstić information content (AvgIpc) is 2.86. The Hall–Kier alpha value is -3.98.